The highest BCUT2D eigenvalue weighted by molar-refractivity contribution is 5.61. The summed E-state index contributed by atoms with van der Waals surface area (Å²) in [6, 6.07) is 11.0. The number of fused-ring (bicyclic) bond motifs is 1. The Labute approximate surface area is 122 Å². The molecule has 0 bridgehead atoms. The van der Waals surface area contributed by atoms with Crippen LogP contribution in [0.4, 0.5) is 5.82 Å². The van der Waals surface area contributed by atoms with Gasteiger partial charge in [-0.05, 0) is 48.2 Å². The lowest BCUT2D eigenvalue weighted by molar-refractivity contribution is 0.475. The third-order valence-corrected chi connectivity index (χ3v) is 4.13. The summed E-state index contributed by atoms with van der Waals surface area (Å²) in [5, 5.41) is 21.3. The molecule has 2 aromatic rings. The van der Waals surface area contributed by atoms with Crippen molar-refractivity contribution in [3.8, 4) is 17.0 Å². The molecule has 1 fully saturated rings. The van der Waals surface area contributed by atoms with Gasteiger partial charge in [-0.15, -0.1) is 10.2 Å². The number of rotatable bonds is 2. The van der Waals surface area contributed by atoms with Crippen molar-refractivity contribution in [2.75, 3.05) is 24.5 Å². The molecule has 2 aliphatic heterocycles. The number of nitrogens with one attached hydrogen (secondary N) is 1. The molecule has 4 rings (SSSR count). The summed E-state index contributed by atoms with van der Waals surface area (Å²) in [6.45, 7) is 2.97. The van der Waals surface area contributed by atoms with Crippen LogP contribution in [-0.2, 0) is 0 Å². The van der Waals surface area contributed by atoms with E-state index in [0.717, 1.165) is 36.7 Å². The maximum Gasteiger partial charge on any atom is 0.151 e. The van der Waals surface area contributed by atoms with Gasteiger partial charge < -0.3 is 15.3 Å². The van der Waals surface area contributed by atoms with Gasteiger partial charge in [-0.3, -0.25) is 0 Å². The topological polar surface area (TPSA) is 61.3 Å². The normalized spacial score (nSPS) is 20.1. The molecule has 1 unspecified atom stereocenters. The lowest BCUT2D eigenvalue weighted by atomic mass is 10.1. The number of hydrogen-bond acceptors (Lipinski definition) is 5. The molecule has 106 valence electrons. The fourth-order valence-electron chi connectivity index (χ4n) is 2.94. The second-order valence-corrected chi connectivity index (χ2v) is 5.53. The van der Waals surface area contributed by atoms with Crippen molar-refractivity contribution in [1.82, 2.24) is 15.5 Å². The Bertz CT molecular complexity index is 678. The van der Waals surface area contributed by atoms with Crippen LogP contribution < -0.4 is 10.2 Å². The van der Waals surface area contributed by atoms with Crippen LogP contribution in [0.15, 0.2) is 48.2 Å². The van der Waals surface area contributed by atoms with Crippen molar-refractivity contribution in [1.29, 1.82) is 0 Å². The van der Waals surface area contributed by atoms with Gasteiger partial charge in [0.2, 0.25) is 0 Å². The van der Waals surface area contributed by atoms with E-state index in [1.165, 1.54) is 5.57 Å². The molecule has 0 amide bonds. The zero-order valence-corrected chi connectivity index (χ0v) is 11.5. The van der Waals surface area contributed by atoms with E-state index in [1.54, 1.807) is 12.1 Å². The molecule has 2 N–H and O–H groups in total. The predicted molar refractivity (Wildman–Crippen MR) is 80.9 cm³/mol. The first-order valence-electron chi connectivity index (χ1n) is 7.10. The van der Waals surface area contributed by atoms with Gasteiger partial charge in [0.25, 0.3) is 0 Å². The van der Waals surface area contributed by atoms with E-state index in [-0.39, 0.29) is 5.75 Å². The molecule has 3 heterocycles. The molecule has 0 radical (unpaired) electrons. The van der Waals surface area contributed by atoms with Crippen LogP contribution >= 0.6 is 0 Å². The Morgan fingerprint density at radius 2 is 1.95 bits per heavy atom. The van der Waals surface area contributed by atoms with E-state index in [9.17, 15) is 5.11 Å². The van der Waals surface area contributed by atoms with Gasteiger partial charge in [0.05, 0.1) is 5.69 Å². The first-order chi connectivity index (χ1) is 10.3. The van der Waals surface area contributed by atoms with Gasteiger partial charge in [-0.2, -0.15) is 0 Å². The van der Waals surface area contributed by atoms with Gasteiger partial charge in [-0.1, -0.05) is 0 Å². The Hall–Kier alpha value is -2.56. The molecule has 2 aliphatic rings. The lowest BCUT2D eigenvalue weighted by Crippen LogP contribution is -2.24. The van der Waals surface area contributed by atoms with Crippen LogP contribution in [0.5, 0.6) is 5.75 Å². The molecule has 5 nitrogen and oxygen atoms in total. The van der Waals surface area contributed by atoms with Crippen molar-refractivity contribution in [2.45, 2.75) is 0 Å². The van der Waals surface area contributed by atoms with Gasteiger partial charge in [0, 0.05) is 31.1 Å². The zero-order chi connectivity index (χ0) is 14.2. The number of phenols is 1. The molecule has 1 aromatic carbocycles. The number of nitrogens with zero attached hydrogens (tertiary/aromatic N) is 3. The standard InChI is InChI=1S/C16H16N4O/c21-14-3-1-11(2-4-14)15-5-6-16(19-18-15)20-9-12-7-17-8-13(12)10-20/h1-7,13,17,21H,8-10H2. The third-order valence-electron chi connectivity index (χ3n) is 4.13. The van der Waals surface area contributed by atoms with Gasteiger partial charge in [0.1, 0.15) is 5.75 Å². The van der Waals surface area contributed by atoms with E-state index in [2.05, 4.69) is 26.6 Å². The molecule has 5 heteroatoms. The Kier molecular flexibility index (Phi) is 2.77. The zero-order valence-electron chi connectivity index (χ0n) is 11.5. The molecule has 0 aliphatic carbocycles. The molecule has 0 saturated carbocycles. The van der Waals surface area contributed by atoms with Crippen molar-refractivity contribution in [2.24, 2.45) is 5.92 Å². The van der Waals surface area contributed by atoms with Crippen molar-refractivity contribution in [3.05, 3.63) is 48.2 Å². The van der Waals surface area contributed by atoms with E-state index in [1.807, 2.05) is 24.3 Å². The minimum Gasteiger partial charge on any atom is -0.508 e. The first-order valence-corrected chi connectivity index (χ1v) is 7.10. The van der Waals surface area contributed by atoms with Crippen molar-refractivity contribution >= 4 is 5.82 Å². The first kappa shape index (κ1) is 12.2. The highest BCUT2D eigenvalue weighted by atomic mass is 16.3. The quantitative estimate of drug-likeness (QED) is 0.878. The van der Waals surface area contributed by atoms with E-state index in [4.69, 9.17) is 0 Å². The summed E-state index contributed by atoms with van der Waals surface area (Å²) >= 11 is 0. The third kappa shape index (κ3) is 2.20. The monoisotopic (exact) mass is 280 g/mol. The van der Waals surface area contributed by atoms with Crippen LogP contribution in [0.2, 0.25) is 0 Å². The summed E-state index contributed by atoms with van der Waals surface area (Å²) in [7, 11) is 0. The fraction of sp³-hybridized carbons (Fsp3) is 0.250. The van der Waals surface area contributed by atoms with Gasteiger partial charge in [-0.25, -0.2) is 0 Å². The smallest absolute Gasteiger partial charge is 0.151 e. The SMILES string of the molecule is Oc1ccc(-c2ccc(N3CC4=CNCC4C3)nn2)cc1. The lowest BCUT2D eigenvalue weighted by Gasteiger charge is -2.16. The predicted octanol–water partition coefficient (Wildman–Crippen LogP) is 1.77. The number of hydrogen-bond donors (Lipinski definition) is 2. The maximum atomic E-state index is 9.32. The average Bonchev–Trinajstić information content (AvgIpc) is 3.10. The summed E-state index contributed by atoms with van der Waals surface area (Å²) in [6.07, 6.45) is 2.13. The minimum absolute atomic E-state index is 0.258. The highest BCUT2D eigenvalue weighted by Crippen LogP contribution is 2.29. The van der Waals surface area contributed by atoms with Crippen molar-refractivity contribution < 1.29 is 5.11 Å². The highest BCUT2D eigenvalue weighted by Gasteiger charge is 2.30. The van der Waals surface area contributed by atoms with Crippen LogP contribution in [0, 0.1) is 5.92 Å². The number of aromatic nitrogens is 2. The molecule has 0 spiro atoms. The van der Waals surface area contributed by atoms with Crippen molar-refractivity contribution in [3.63, 3.8) is 0 Å². The number of phenolic OH excluding ortho intramolecular Hbond substituents is 1. The van der Waals surface area contributed by atoms with Crippen LogP contribution in [0.1, 0.15) is 0 Å². The Morgan fingerprint density at radius 3 is 2.67 bits per heavy atom. The molecule has 1 aromatic heterocycles. The van der Waals surface area contributed by atoms with Gasteiger partial charge in [0.15, 0.2) is 5.82 Å². The number of anilines is 1. The maximum absolute atomic E-state index is 9.32. The molecular weight excluding hydrogens is 264 g/mol. The second kappa shape index (κ2) is 4.77. The Balaban J connectivity index is 1.55. The Morgan fingerprint density at radius 1 is 1.10 bits per heavy atom. The molecule has 1 atom stereocenters. The summed E-state index contributed by atoms with van der Waals surface area (Å²) in [5.41, 5.74) is 3.23. The molecule has 1 saturated heterocycles. The van der Waals surface area contributed by atoms with E-state index < -0.39 is 0 Å². The summed E-state index contributed by atoms with van der Waals surface area (Å²) in [4.78, 5) is 2.27. The molecular formula is C16H16N4O. The minimum atomic E-state index is 0.258. The van der Waals surface area contributed by atoms with Crippen LogP contribution in [-0.4, -0.2) is 34.9 Å². The average molecular weight is 280 g/mol. The fourth-order valence-corrected chi connectivity index (χ4v) is 2.94. The van der Waals surface area contributed by atoms with Crippen LogP contribution in [0.3, 0.4) is 0 Å². The molecule has 21 heavy (non-hydrogen) atoms. The largest absolute Gasteiger partial charge is 0.508 e. The van der Waals surface area contributed by atoms with Gasteiger partial charge >= 0.3 is 0 Å². The van der Waals surface area contributed by atoms with E-state index >= 15 is 0 Å². The second-order valence-electron chi connectivity index (χ2n) is 5.53. The summed E-state index contributed by atoms with van der Waals surface area (Å²) < 4.78 is 0. The number of aromatic hydroxyl groups is 1. The van der Waals surface area contributed by atoms with E-state index in [0.29, 0.717) is 5.92 Å². The number of benzene rings is 1. The summed E-state index contributed by atoms with van der Waals surface area (Å²) in [5.74, 6) is 1.80. The van der Waals surface area contributed by atoms with Crippen LogP contribution in [0.25, 0.3) is 11.3 Å².